The standard InChI is InChI=1S/C3H5BF3O2.K/c5-4(6,7)2-1-3(8)9;/h1-2H2,(H,8,9);/q-1;+1. The van der Waals surface area contributed by atoms with Gasteiger partial charge in [0.25, 0.3) is 5.97 Å². The summed E-state index contributed by atoms with van der Waals surface area (Å²) in [4.78, 5) is 9.56. The maximum absolute atomic E-state index is 11.2. The Morgan fingerprint density at radius 2 is 1.80 bits per heavy atom. The van der Waals surface area contributed by atoms with Gasteiger partial charge in [0.15, 0.2) is 0 Å². The van der Waals surface area contributed by atoms with Gasteiger partial charge in [0, 0.05) is 6.42 Å². The summed E-state index contributed by atoms with van der Waals surface area (Å²) in [5, 5.41) is 7.79. The summed E-state index contributed by atoms with van der Waals surface area (Å²) in [5.74, 6) is -1.41. The molecule has 0 radical (unpaired) electrons. The van der Waals surface area contributed by atoms with E-state index in [0.29, 0.717) is 0 Å². The molecule has 0 fully saturated rings. The van der Waals surface area contributed by atoms with Crippen molar-refractivity contribution in [1.82, 2.24) is 0 Å². The fourth-order valence-electron chi connectivity index (χ4n) is 0.287. The van der Waals surface area contributed by atoms with Crippen LogP contribution >= 0.6 is 0 Å². The zero-order valence-corrected chi connectivity index (χ0v) is 8.60. The van der Waals surface area contributed by atoms with E-state index in [2.05, 4.69) is 0 Å². The van der Waals surface area contributed by atoms with Crippen LogP contribution in [0.1, 0.15) is 6.42 Å². The van der Waals surface area contributed by atoms with Crippen LogP contribution in [0, 0.1) is 0 Å². The summed E-state index contributed by atoms with van der Waals surface area (Å²) in [7, 11) is 0. The molecular weight excluding hydrogens is 175 g/mol. The van der Waals surface area contributed by atoms with Crippen LogP contribution in [0.2, 0.25) is 6.32 Å². The molecule has 0 unspecified atom stereocenters. The van der Waals surface area contributed by atoms with Crippen LogP contribution in [0.4, 0.5) is 12.9 Å². The SMILES string of the molecule is O=C(O)CC[B-](F)(F)F.[K+]. The first-order valence-electron chi connectivity index (χ1n) is 2.34. The number of carboxylic acid groups (broad SMARTS) is 1. The molecule has 0 heterocycles. The molecule has 0 atom stereocenters. The minimum Gasteiger partial charge on any atom is -0.481 e. The van der Waals surface area contributed by atoms with Crippen LogP contribution in [0.5, 0.6) is 0 Å². The van der Waals surface area contributed by atoms with E-state index in [0.717, 1.165) is 0 Å². The Labute approximate surface area is 98.7 Å². The number of hydrogen-bond acceptors (Lipinski definition) is 1. The van der Waals surface area contributed by atoms with Crippen LogP contribution < -0.4 is 51.4 Å². The molecule has 0 bridgehead atoms. The Balaban J connectivity index is 0. The van der Waals surface area contributed by atoms with Crippen molar-refractivity contribution in [3.05, 3.63) is 0 Å². The molecule has 1 N–H and O–H groups in total. The zero-order valence-electron chi connectivity index (χ0n) is 5.48. The van der Waals surface area contributed by atoms with Gasteiger partial charge in [-0.25, -0.2) is 0 Å². The molecule has 10 heavy (non-hydrogen) atoms. The third kappa shape index (κ3) is 11.7. The van der Waals surface area contributed by atoms with Gasteiger partial charge in [-0.15, -0.1) is 0 Å². The predicted molar refractivity (Wildman–Crippen MR) is 26.1 cm³/mol. The van der Waals surface area contributed by atoms with Gasteiger partial charge in [-0.3, -0.25) is 4.79 Å². The molecule has 2 nitrogen and oxygen atoms in total. The zero-order chi connectivity index (χ0) is 7.49. The Morgan fingerprint density at radius 1 is 1.40 bits per heavy atom. The second kappa shape index (κ2) is 5.59. The van der Waals surface area contributed by atoms with Gasteiger partial charge in [0.1, 0.15) is 0 Å². The van der Waals surface area contributed by atoms with E-state index in [4.69, 9.17) is 5.11 Å². The van der Waals surface area contributed by atoms with Crippen molar-refractivity contribution >= 4 is 12.9 Å². The number of carbonyl (C=O) groups is 1. The molecule has 0 rings (SSSR count). The van der Waals surface area contributed by atoms with E-state index in [1.165, 1.54) is 0 Å². The monoisotopic (exact) mass is 180 g/mol. The van der Waals surface area contributed by atoms with Crippen molar-refractivity contribution in [2.24, 2.45) is 0 Å². The van der Waals surface area contributed by atoms with Gasteiger partial charge in [-0.05, 0) is 0 Å². The molecule has 0 saturated carbocycles. The van der Waals surface area contributed by atoms with E-state index in [1.807, 2.05) is 0 Å². The second-order valence-electron chi connectivity index (χ2n) is 1.64. The average Bonchev–Trinajstić information content (AvgIpc) is 1.59. The Kier molecular flexibility index (Phi) is 7.57. The number of carboxylic acids is 1. The van der Waals surface area contributed by atoms with E-state index < -0.39 is 25.7 Å². The van der Waals surface area contributed by atoms with Crippen molar-refractivity contribution in [3.8, 4) is 0 Å². The van der Waals surface area contributed by atoms with E-state index in [1.54, 1.807) is 0 Å². The van der Waals surface area contributed by atoms with Gasteiger partial charge < -0.3 is 18.1 Å². The van der Waals surface area contributed by atoms with Crippen LogP contribution in [0.25, 0.3) is 0 Å². The van der Waals surface area contributed by atoms with Crippen LogP contribution in [0.3, 0.4) is 0 Å². The molecule has 0 saturated heterocycles. The van der Waals surface area contributed by atoms with Crippen molar-refractivity contribution in [2.45, 2.75) is 12.7 Å². The first kappa shape index (κ1) is 13.5. The van der Waals surface area contributed by atoms with Crippen molar-refractivity contribution in [3.63, 3.8) is 0 Å². The van der Waals surface area contributed by atoms with Gasteiger partial charge in [-0.1, -0.05) is 6.32 Å². The fourth-order valence-corrected chi connectivity index (χ4v) is 0.287. The summed E-state index contributed by atoms with van der Waals surface area (Å²) in [6.45, 7) is -4.91. The topological polar surface area (TPSA) is 37.3 Å². The molecule has 0 aromatic heterocycles. The van der Waals surface area contributed by atoms with E-state index >= 15 is 0 Å². The van der Waals surface area contributed by atoms with Crippen LogP contribution in [-0.2, 0) is 4.79 Å². The maximum Gasteiger partial charge on any atom is 1.00 e. The van der Waals surface area contributed by atoms with Crippen LogP contribution in [-0.4, -0.2) is 18.1 Å². The number of aliphatic carboxylic acids is 1. The molecule has 0 aromatic carbocycles. The number of hydrogen-bond donors (Lipinski definition) is 1. The van der Waals surface area contributed by atoms with Crippen molar-refractivity contribution in [1.29, 1.82) is 0 Å². The quantitative estimate of drug-likeness (QED) is 0.526. The van der Waals surface area contributed by atoms with Gasteiger partial charge in [-0.2, -0.15) is 0 Å². The molecule has 0 aromatic rings. The van der Waals surface area contributed by atoms with Gasteiger partial charge in [0.2, 0.25) is 0 Å². The summed E-state index contributed by atoms with van der Waals surface area (Å²) < 4.78 is 33.6. The van der Waals surface area contributed by atoms with Gasteiger partial charge in [0.05, 0.1) is 0 Å². The van der Waals surface area contributed by atoms with E-state index in [-0.39, 0.29) is 51.4 Å². The largest absolute Gasteiger partial charge is 1.00 e. The normalized spacial score (nSPS) is 10.3. The molecule has 0 aliphatic rings. The minimum absolute atomic E-state index is 0. The van der Waals surface area contributed by atoms with E-state index in [9.17, 15) is 17.7 Å². The third-order valence-corrected chi connectivity index (χ3v) is 0.686. The molecule has 0 amide bonds. The Hall–Kier alpha value is 0.961. The molecule has 0 aliphatic carbocycles. The molecule has 0 spiro atoms. The first-order chi connectivity index (χ1) is 3.92. The molecule has 54 valence electrons. The Morgan fingerprint density at radius 3 is 1.90 bits per heavy atom. The van der Waals surface area contributed by atoms with Gasteiger partial charge >= 0.3 is 58.4 Å². The third-order valence-electron chi connectivity index (χ3n) is 0.686. The molecule has 0 aliphatic heterocycles. The minimum atomic E-state index is -4.91. The average molecular weight is 180 g/mol. The first-order valence-corrected chi connectivity index (χ1v) is 2.34. The predicted octanol–water partition coefficient (Wildman–Crippen LogP) is -1.69. The summed E-state index contributed by atoms with van der Waals surface area (Å²) >= 11 is 0. The number of rotatable bonds is 3. The smallest absolute Gasteiger partial charge is 0.481 e. The fraction of sp³-hybridized carbons (Fsp3) is 0.667. The maximum atomic E-state index is 11.2. The number of halogens is 3. The Bertz CT molecular complexity index is 115. The summed E-state index contributed by atoms with van der Waals surface area (Å²) in [6.07, 6.45) is -2.00. The molecule has 7 heteroatoms. The van der Waals surface area contributed by atoms with Crippen molar-refractivity contribution < 1.29 is 74.2 Å². The second-order valence-corrected chi connectivity index (χ2v) is 1.64. The summed E-state index contributed by atoms with van der Waals surface area (Å²) in [5.41, 5.74) is 0. The van der Waals surface area contributed by atoms with Crippen molar-refractivity contribution in [2.75, 3.05) is 0 Å². The molecular formula is C3H5BF3KO2. The summed E-state index contributed by atoms with van der Waals surface area (Å²) in [6, 6.07) is 0. The van der Waals surface area contributed by atoms with Crippen LogP contribution in [0.15, 0.2) is 0 Å².